The Kier molecular flexibility index (Phi) is 9.27. The summed E-state index contributed by atoms with van der Waals surface area (Å²) >= 11 is 0. The summed E-state index contributed by atoms with van der Waals surface area (Å²) in [6.45, 7) is 12.3. The maximum Gasteiger partial charge on any atom is 0.146 e. The maximum absolute atomic E-state index is 13.6. The van der Waals surface area contributed by atoms with Gasteiger partial charge in [0.2, 0.25) is 0 Å². The third-order valence-corrected chi connectivity index (χ3v) is 6.30. The Morgan fingerprint density at radius 2 is 1.85 bits per heavy atom. The van der Waals surface area contributed by atoms with Crippen molar-refractivity contribution in [2.45, 2.75) is 53.7 Å². The first kappa shape index (κ1) is 28.5. The van der Waals surface area contributed by atoms with E-state index in [-0.39, 0.29) is 12.4 Å². The molecule has 4 rings (SSSR count). The lowest BCUT2D eigenvalue weighted by Gasteiger charge is -2.11. The molecule has 0 aliphatic rings. The van der Waals surface area contributed by atoms with Crippen LogP contribution in [-0.4, -0.2) is 24.5 Å². The van der Waals surface area contributed by atoms with Crippen LogP contribution in [0.15, 0.2) is 85.3 Å². The topological polar surface area (TPSA) is 101 Å². The van der Waals surface area contributed by atoms with Gasteiger partial charge in [-0.3, -0.25) is 0 Å². The van der Waals surface area contributed by atoms with E-state index >= 15 is 0 Å². The molecule has 40 heavy (non-hydrogen) atoms. The number of fused-ring (bicyclic) bond motifs is 1. The second-order valence-electron chi connectivity index (χ2n) is 9.85. The number of nitrogens with two attached hydrogens (primary N) is 1. The van der Waals surface area contributed by atoms with Gasteiger partial charge in [-0.1, -0.05) is 39.0 Å². The Bertz CT molecular complexity index is 1520. The summed E-state index contributed by atoms with van der Waals surface area (Å²) in [5.74, 6) is 2.39. The van der Waals surface area contributed by atoms with Crippen molar-refractivity contribution in [1.29, 1.82) is 0 Å². The van der Waals surface area contributed by atoms with Gasteiger partial charge in [0, 0.05) is 48.4 Å². The van der Waals surface area contributed by atoms with Crippen molar-refractivity contribution in [3.63, 3.8) is 0 Å². The number of benzene rings is 1. The fourth-order valence-corrected chi connectivity index (χ4v) is 4.48. The molecule has 3 aromatic heterocycles. The standard InChI is InChI=1S/C31H35FN6O2/c1-6-7-20(2)16-38-17-28(29-30(33)36-19-37-31(29)38)25-8-10-26(11-9-25)40-22(4)13-27(12-21(3)32)39-18-24-14-34-23(5)35-15-24/h8-15,17,19-20H,3,6-7,16,18H2,1-2,4-5H3,(H2,33,36,37). The lowest BCUT2D eigenvalue weighted by atomic mass is 10.1. The summed E-state index contributed by atoms with van der Waals surface area (Å²) in [5.41, 5.74) is 9.82. The zero-order valence-corrected chi connectivity index (χ0v) is 23.4. The highest BCUT2D eigenvalue weighted by molar-refractivity contribution is 6.00. The van der Waals surface area contributed by atoms with E-state index in [1.54, 1.807) is 32.3 Å². The largest absolute Gasteiger partial charge is 0.489 e. The van der Waals surface area contributed by atoms with Gasteiger partial charge in [-0.05, 0) is 43.9 Å². The summed E-state index contributed by atoms with van der Waals surface area (Å²) in [4.78, 5) is 17.1. The smallest absolute Gasteiger partial charge is 0.146 e. The predicted octanol–water partition coefficient (Wildman–Crippen LogP) is 7.08. The monoisotopic (exact) mass is 542 g/mol. The van der Waals surface area contributed by atoms with E-state index in [2.05, 4.69) is 51.1 Å². The summed E-state index contributed by atoms with van der Waals surface area (Å²) in [6.07, 6.45) is 12.0. The molecule has 1 atom stereocenters. The van der Waals surface area contributed by atoms with Crippen LogP contribution >= 0.6 is 0 Å². The fraction of sp³-hybridized carbons (Fsp3) is 0.290. The molecule has 0 bridgehead atoms. The SMILES string of the molecule is C=C(F)C=C(C=C(C)Oc1ccc(-c2cn(CC(C)CCC)c3ncnc(N)c23)cc1)OCc1cnc(C)nc1. The Labute approximate surface area is 234 Å². The molecule has 0 spiro atoms. The molecule has 0 aliphatic heterocycles. The number of allylic oxidation sites excluding steroid dienone is 4. The van der Waals surface area contributed by atoms with Crippen molar-refractivity contribution in [2.75, 3.05) is 5.73 Å². The molecule has 0 aliphatic carbocycles. The van der Waals surface area contributed by atoms with E-state index in [1.165, 1.54) is 12.4 Å². The highest BCUT2D eigenvalue weighted by atomic mass is 19.1. The van der Waals surface area contributed by atoms with E-state index in [9.17, 15) is 4.39 Å². The average Bonchev–Trinajstić information content (AvgIpc) is 3.28. The zero-order chi connectivity index (χ0) is 28.6. The van der Waals surface area contributed by atoms with Gasteiger partial charge < -0.3 is 19.8 Å². The number of aryl methyl sites for hydroxylation is 1. The van der Waals surface area contributed by atoms with Gasteiger partial charge >= 0.3 is 0 Å². The highest BCUT2D eigenvalue weighted by Crippen LogP contribution is 2.34. The van der Waals surface area contributed by atoms with Crippen LogP contribution in [-0.2, 0) is 17.9 Å². The van der Waals surface area contributed by atoms with Crippen molar-refractivity contribution in [3.05, 3.63) is 96.6 Å². The minimum Gasteiger partial charge on any atom is -0.489 e. The Balaban J connectivity index is 1.52. The number of nitrogen functional groups attached to an aromatic ring is 1. The number of rotatable bonds is 12. The number of halogens is 1. The van der Waals surface area contributed by atoms with Gasteiger partial charge in [-0.2, -0.15) is 0 Å². The van der Waals surface area contributed by atoms with Crippen molar-refractivity contribution >= 4 is 16.9 Å². The molecule has 0 saturated carbocycles. The first-order valence-corrected chi connectivity index (χ1v) is 13.3. The summed E-state index contributed by atoms with van der Waals surface area (Å²) in [7, 11) is 0. The Hall–Kier alpha value is -4.53. The molecule has 0 saturated heterocycles. The van der Waals surface area contributed by atoms with Crippen LogP contribution in [0.3, 0.4) is 0 Å². The van der Waals surface area contributed by atoms with Crippen molar-refractivity contribution in [3.8, 4) is 16.9 Å². The number of anilines is 1. The minimum atomic E-state index is -0.630. The van der Waals surface area contributed by atoms with Gasteiger partial charge in [0.1, 0.15) is 53.3 Å². The quantitative estimate of drug-likeness (QED) is 0.151. The third kappa shape index (κ3) is 7.31. The molecule has 2 N–H and O–H groups in total. The van der Waals surface area contributed by atoms with Gasteiger partial charge in [0.15, 0.2) is 0 Å². The number of aromatic nitrogens is 5. The lowest BCUT2D eigenvalue weighted by Crippen LogP contribution is -2.07. The molecule has 208 valence electrons. The van der Waals surface area contributed by atoms with E-state index in [1.807, 2.05) is 24.3 Å². The van der Waals surface area contributed by atoms with Crippen LogP contribution < -0.4 is 10.5 Å². The third-order valence-electron chi connectivity index (χ3n) is 6.30. The fourth-order valence-electron chi connectivity index (χ4n) is 4.48. The Morgan fingerprint density at radius 1 is 1.12 bits per heavy atom. The second kappa shape index (κ2) is 13.0. The van der Waals surface area contributed by atoms with Crippen molar-refractivity contribution in [1.82, 2.24) is 24.5 Å². The first-order chi connectivity index (χ1) is 19.2. The molecule has 0 radical (unpaired) electrons. The zero-order valence-electron chi connectivity index (χ0n) is 23.4. The van der Waals surface area contributed by atoms with E-state index < -0.39 is 5.83 Å². The number of nitrogens with zero attached hydrogens (tertiary/aromatic N) is 5. The number of hydrogen-bond donors (Lipinski definition) is 1. The highest BCUT2D eigenvalue weighted by Gasteiger charge is 2.16. The molecule has 0 amide bonds. The van der Waals surface area contributed by atoms with Crippen LogP contribution in [0.4, 0.5) is 10.2 Å². The van der Waals surface area contributed by atoms with Crippen LogP contribution in [0.25, 0.3) is 22.2 Å². The number of hydrogen-bond acceptors (Lipinski definition) is 7. The van der Waals surface area contributed by atoms with Crippen LogP contribution in [0.1, 0.15) is 45.0 Å². The predicted molar refractivity (Wildman–Crippen MR) is 156 cm³/mol. The summed E-state index contributed by atoms with van der Waals surface area (Å²) < 4.78 is 27.5. The first-order valence-electron chi connectivity index (χ1n) is 13.3. The number of ether oxygens (including phenoxy) is 2. The van der Waals surface area contributed by atoms with Gasteiger partial charge in [-0.15, -0.1) is 0 Å². The summed E-state index contributed by atoms with van der Waals surface area (Å²) in [6, 6.07) is 7.68. The molecular weight excluding hydrogens is 507 g/mol. The van der Waals surface area contributed by atoms with Crippen LogP contribution in [0, 0.1) is 12.8 Å². The van der Waals surface area contributed by atoms with Gasteiger partial charge in [-0.25, -0.2) is 24.3 Å². The lowest BCUT2D eigenvalue weighted by molar-refractivity contribution is 0.208. The summed E-state index contributed by atoms with van der Waals surface area (Å²) in [5, 5.41) is 0.841. The normalized spacial score (nSPS) is 12.9. The Morgan fingerprint density at radius 3 is 2.52 bits per heavy atom. The molecule has 3 heterocycles. The van der Waals surface area contributed by atoms with Crippen LogP contribution in [0.2, 0.25) is 0 Å². The van der Waals surface area contributed by atoms with Crippen molar-refractivity contribution in [2.24, 2.45) is 5.92 Å². The van der Waals surface area contributed by atoms with E-state index in [0.717, 1.165) is 47.1 Å². The van der Waals surface area contributed by atoms with E-state index in [4.69, 9.17) is 15.2 Å². The molecule has 1 aromatic carbocycles. The van der Waals surface area contributed by atoms with Gasteiger partial charge in [0.05, 0.1) is 5.39 Å². The van der Waals surface area contributed by atoms with Gasteiger partial charge in [0.25, 0.3) is 0 Å². The second-order valence-corrected chi connectivity index (χ2v) is 9.85. The molecule has 4 aromatic rings. The maximum atomic E-state index is 13.6. The molecular formula is C31H35FN6O2. The molecule has 8 nitrogen and oxygen atoms in total. The van der Waals surface area contributed by atoms with Crippen LogP contribution in [0.5, 0.6) is 5.75 Å². The minimum absolute atomic E-state index is 0.176. The molecule has 0 fully saturated rings. The molecule has 9 heteroatoms. The molecule has 1 unspecified atom stereocenters. The van der Waals surface area contributed by atoms with Crippen molar-refractivity contribution < 1.29 is 13.9 Å². The van der Waals surface area contributed by atoms with E-state index in [0.29, 0.717) is 29.1 Å². The average molecular weight is 543 g/mol.